The van der Waals surface area contributed by atoms with Crippen molar-refractivity contribution in [2.75, 3.05) is 18.0 Å². The highest BCUT2D eigenvalue weighted by Gasteiger charge is 2.49. The molecule has 5 rings (SSSR count). The highest BCUT2D eigenvalue weighted by molar-refractivity contribution is 7.20. The molecule has 2 saturated heterocycles. The van der Waals surface area contributed by atoms with Crippen molar-refractivity contribution in [3.8, 4) is 11.3 Å². The predicted molar refractivity (Wildman–Crippen MR) is 102 cm³/mol. The lowest BCUT2D eigenvalue weighted by molar-refractivity contribution is -0.124. The Balaban J connectivity index is 1.42. The number of aromatic nitrogens is 3. The summed E-state index contributed by atoms with van der Waals surface area (Å²) in [6.45, 7) is 1.19. The van der Waals surface area contributed by atoms with E-state index in [1.54, 1.807) is 4.52 Å². The number of anilines is 1. The molecular weight excluding hydrogens is 388 g/mol. The van der Waals surface area contributed by atoms with Crippen LogP contribution >= 0.6 is 22.9 Å². The molecule has 0 aliphatic carbocycles. The molecule has 0 bridgehead atoms. The highest BCUT2D eigenvalue weighted by Crippen LogP contribution is 2.32. The molecule has 3 amide bonds. The summed E-state index contributed by atoms with van der Waals surface area (Å²) in [4.78, 5) is 31.2. The molecule has 0 saturated carbocycles. The third-order valence-electron chi connectivity index (χ3n) is 4.95. The Kier molecular flexibility index (Phi) is 3.63. The quantitative estimate of drug-likeness (QED) is 0.642. The lowest BCUT2D eigenvalue weighted by Gasteiger charge is -2.37. The van der Waals surface area contributed by atoms with Gasteiger partial charge in [0.25, 0.3) is 5.91 Å². The average molecular weight is 403 g/mol. The maximum atomic E-state index is 12.2. The smallest absolute Gasteiger partial charge is 0.322 e. The molecule has 3 aromatic rings. The van der Waals surface area contributed by atoms with Gasteiger partial charge in [0, 0.05) is 17.1 Å². The van der Waals surface area contributed by atoms with Crippen LogP contribution in [0.3, 0.4) is 0 Å². The Morgan fingerprint density at radius 3 is 2.74 bits per heavy atom. The van der Waals surface area contributed by atoms with Gasteiger partial charge in [0.05, 0.1) is 18.4 Å². The summed E-state index contributed by atoms with van der Waals surface area (Å²) in [5.74, 6) is -0.261. The largest absolute Gasteiger partial charge is 0.344 e. The van der Waals surface area contributed by atoms with Crippen molar-refractivity contribution in [2.24, 2.45) is 0 Å². The second kappa shape index (κ2) is 5.93. The zero-order chi connectivity index (χ0) is 18.6. The van der Waals surface area contributed by atoms with E-state index in [4.69, 9.17) is 11.6 Å². The Labute approximate surface area is 163 Å². The van der Waals surface area contributed by atoms with Crippen LogP contribution in [0.5, 0.6) is 0 Å². The molecular formula is C17H15ClN6O2S. The minimum Gasteiger partial charge on any atom is -0.344 e. The molecule has 1 spiro atoms. The SMILES string of the molecule is O=C1NC(=O)C2(CCCN(c3nn4cc(-c5ccc(Cl)cc5)nc4s3)C2)N1. The molecule has 2 aromatic heterocycles. The number of rotatable bonds is 2. The van der Waals surface area contributed by atoms with Crippen molar-refractivity contribution in [3.05, 3.63) is 35.5 Å². The zero-order valence-corrected chi connectivity index (χ0v) is 15.7. The number of piperidine rings is 1. The van der Waals surface area contributed by atoms with Gasteiger partial charge in [-0.1, -0.05) is 35.1 Å². The zero-order valence-electron chi connectivity index (χ0n) is 14.1. The van der Waals surface area contributed by atoms with Crippen molar-refractivity contribution in [1.82, 2.24) is 25.2 Å². The van der Waals surface area contributed by atoms with Crippen LogP contribution in [-0.4, -0.2) is 45.2 Å². The second-order valence-electron chi connectivity index (χ2n) is 6.76. The fourth-order valence-electron chi connectivity index (χ4n) is 3.61. The Morgan fingerprint density at radius 1 is 1.22 bits per heavy atom. The third-order valence-corrected chi connectivity index (χ3v) is 6.19. The molecule has 2 fully saturated rings. The van der Waals surface area contributed by atoms with E-state index in [2.05, 4.69) is 20.7 Å². The fraction of sp³-hybridized carbons (Fsp3) is 0.294. The van der Waals surface area contributed by atoms with Crippen molar-refractivity contribution >= 4 is 45.0 Å². The van der Waals surface area contributed by atoms with Crippen LogP contribution in [0.1, 0.15) is 12.8 Å². The van der Waals surface area contributed by atoms with Crippen LogP contribution < -0.4 is 15.5 Å². The molecule has 2 N–H and O–H groups in total. The molecule has 2 aliphatic rings. The normalized spacial score (nSPS) is 22.5. The first-order chi connectivity index (χ1) is 13.0. The number of benzene rings is 1. The van der Waals surface area contributed by atoms with Crippen molar-refractivity contribution in [1.29, 1.82) is 0 Å². The van der Waals surface area contributed by atoms with E-state index in [1.807, 2.05) is 35.4 Å². The highest BCUT2D eigenvalue weighted by atomic mass is 35.5. The molecule has 2 aliphatic heterocycles. The minimum absolute atomic E-state index is 0.261. The third kappa shape index (κ3) is 2.74. The van der Waals surface area contributed by atoms with Crippen LogP contribution in [0.25, 0.3) is 16.2 Å². The monoisotopic (exact) mass is 402 g/mol. The first kappa shape index (κ1) is 16.5. The number of carbonyl (C=O) groups excluding carboxylic acids is 2. The number of imidazole rings is 1. The molecule has 138 valence electrons. The van der Waals surface area contributed by atoms with Crippen molar-refractivity contribution in [2.45, 2.75) is 18.4 Å². The van der Waals surface area contributed by atoms with E-state index >= 15 is 0 Å². The number of fused-ring (bicyclic) bond motifs is 1. The number of hydrogen-bond acceptors (Lipinski definition) is 6. The van der Waals surface area contributed by atoms with Crippen molar-refractivity contribution < 1.29 is 9.59 Å². The Bertz CT molecular complexity index is 1030. The van der Waals surface area contributed by atoms with E-state index < -0.39 is 11.6 Å². The van der Waals surface area contributed by atoms with Crippen LogP contribution in [0.15, 0.2) is 30.5 Å². The van der Waals surface area contributed by atoms with Crippen molar-refractivity contribution in [3.63, 3.8) is 0 Å². The minimum atomic E-state index is -0.864. The Hall–Kier alpha value is -2.65. The number of imide groups is 1. The number of carbonyl (C=O) groups is 2. The summed E-state index contributed by atoms with van der Waals surface area (Å²) in [6.07, 6.45) is 3.30. The van der Waals surface area contributed by atoms with Gasteiger partial charge in [-0.25, -0.2) is 14.3 Å². The van der Waals surface area contributed by atoms with Crippen LogP contribution in [0.2, 0.25) is 5.02 Å². The van der Waals surface area contributed by atoms with Gasteiger partial charge in [-0.3, -0.25) is 10.1 Å². The summed E-state index contributed by atoms with van der Waals surface area (Å²) >= 11 is 7.40. The van der Waals surface area contributed by atoms with Gasteiger partial charge in [-0.05, 0) is 25.0 Å². The molecule has 4 heterocycles. The van der Waals surface area contributed by atoms with Gasteiger partial charge in [-0.15, -0.1) is 5.10 Å². The molecule has 1 unspecified atom stereocenters. The van der Waals surface area contributed by atoms with Gasteiger partial charge in [0.15, 0.2) is 0 Å². The van der Waals surface area contributed by atoms with Crippen LogP contribution in [0.4, 0.5) is 9.93 Å². The second-order valence-corrected chi connectivity index (χ2v) is 8.13. The standard InChI is InChI=1S/C17H15ClN6O2S/c18-11-4-2-10(3-5-11)12-8-24-15(19-12)27-16(22-24)23-7-1-6-17(9-23)13(25)20-14(26)21-17/h2-5,8H,1,6-7,9H2,(H2,20,21,25,26). The molecule has 27 heavy (non-hydrogen) atoms. The lowest BCUT2D eigenvalue weighted by atomic mass is 9.89. The maximum Gasteiger partial charge on any atom is 0.322 e. The average Bonchev–Trinajstić information content (AvgIpc) is 3.28. The van der Waals surface area contributed by atoms with E-state index in [0.29, 0.717) is 18.0 Å². The number of halogens is 1. The Morgan fingerprint density at radius 2 is 2.04 bits per heavy atom. The van der Waals surface area contributed by atoms with Gasteiger partial charge >= 0.3 is 6.03 Å². The number of amides is 3. The summed E-state index contributed by atoms with van der Waals surface area (Å²) in [6, 6.07) is 7.08. The predicted octanol–water partition coefficient (Wildman–Crippen LogP) is 2.29. The number of urea groups is 1. The molecule has 1 aromatic carbocycles. The molecule has 8 nitrogen and oxygen atoms in total. The number of hydrogen-bond donors (Lipinski definition) is 2. The summed E-state index contributed by atoms with van der Waals surface area (Å²) in [7, 11) is 0. The first-order valence-electron chi connectivity index (χ1n) is 8.53. The van der Waals surface area contributed by atoms with E-state index in [0.717, 1.165) is 34.3 Å². The number of nitrogens with zero attached hydrogens (tertiary/aromatic N) is 4. The van der Waals surface area contributed by atoms with Gasteiger partial charge in [-0.2, -0.15) is 0 Å². The first-order valence-corrected chi connectivity index (χ1v) is 9.73. The maximum absolute atomic E-state index is 12.2. The summed E-state index contributed by atoms with van der Waals surface area (Å²) in [5, 5.41) is 11.2. The summed E-state index contributed by atoms with van der Waals surface area (Å²) < 4.78 is 1.75. The van der Waals surface area contributed by atoms with E-state index in [9.17, 15) is 9.59 Å². The molecule has 0 radical (unpaired) electrons. The van der Waals surface area contributed by atoms with Crippen LogP contribution in [0, 0.1) is 0 Å². The van der Waals surface area contributed by atoms with Gasteiger partial charge < -0.3 is 10.2 Å². The molecule has 1 atom stereocenters. The van der Waals surface area contributed by atoms with Crippen LogP contribution in [-0.2, 0) is 4.79 Å². The van der Waals surface area contributed by atoms with Gasteiger partial charge in [0.2, 0.25) is 10.1 Å². The topological polar surface area (TPSA) is 91.6 Å². The van der Waals surface area contributed by atoms with E-state index in [1.165, 1.54) is 11.3 Å². The number of nitrogens with one attached hydrogen (secondary N) is 2. The molecule has 10 heteroatoms. The van der Waals surface area contributed by atoms with E-state index in [-0.39, 0.29) is 5.91 Å². The van der Waals surface area contributed by atoms with Gasteiger partial charge in [0.1, 0.15) is 5.54 Å². The fourth-order valence-corrected chi connectivity index (χ4v) is 4.65. The lowest BCUT2D eigenvalue weighted by Crippen LogP contribution is -2.58. The summed E-state index contributed by atoms with van der Waals surface area (Å²) in [5.41, 5.74) is 0.938.